The van der Waals surface area contributed by atoms with Gasteiger partial charge in [0, 0.05) is 5.97 Å². The molecule has 0 aromatic carbocycles. The Labute approximate surface area is 82.4 Å². The summed E-state index contributed by atoms with van der Waals surface area (Å²) in [6.45, 7) is 12.1. The number of hydrogen-bond acceptors (Lipinski definition) is 3. The summed E-state index contributed by atoms with van der Waals surface area (Å²) < 4.78 is 0. The summed E-state index contributed by atoms with van der Waals surface area (Å²) in [6.07, 6.45) is 0. The fourth-order valence-electron chi connectivity index (χ4n) is 1.53. The molecule has 0 amide bonds. The van der Waals surface area contributed by atoms with Crippen molar-refractivity contribution >= 4 is 6.98 Å². The Balaban J connectivity index is 4.37. The average molecular weight is 181 g/mol. The molecule has 0 aliphatic heterocycles. The summed E-state index contributed by atoms with van der Waals surface area (Å²) in [7, 11) is 0. The molecule has 0 N–H and O–H groups in total. The van der Waals surface area contributed by atoms with Gasteiger partial charge in [0.15, 0.2) is 0 Å². The van der Waals surface area contributed by atoms with Crippen LogP contribution in [0.3, 0.4) is 0 Å². The smallest absolute Gasteiger partial charge is 0.316 e. The number of rotatable bonds is 6. The molecule has 0 atom stereocenters. The minimum atomic E-state index is -0.0509. The van der Waals surface area contributed by atoms with Crippen molar-refractivity contribution in [1.82, 2.24) is 9.62 Å². The first-order valence-corrected chi connectivity index (χ1v) is 5.12. The Morgan fingerprint density at radius 1 is 0.923 bits per heavy atom. The molecule has 0 heterocycles. The van der Waals surface area contributed by atoms with E-state index in [-0.39, 0.29) is 6.98 Å². The molecule has 0 radical (unpaired) electrons. The van der Waals surface area contributed by atoms with Crippen LogP contribution in [0.25, 0.3) is 0 Å². The van der Waals surface area contributed by atoms with Crippen LogP contribution in [0.2, 0.25) is 0 Å². The summed E-state index contributed by atoms with van der Waals surface area (Å²) in [5, 5.41) is 9.06. The number of nitriles is 1. The molecule has 0 aromatic heterocycles. The molecule has 13 heavy (non-hydrogen) atoms. The highest BCUT2D eigenvalue weighted by atomic mass is 15.2. The highest BCUT2D eigenvalue weighted by Gasteiger charge is 2.26. The first kappa shape index (κ1) is 12.5. The Bertz CT molecular complexity index is 147. The molecule has 0 rings (SSSR count). The molecule has 0 bridgehead atoms. The third-order valence-electron chi connectivity index (χ3n) is 2.43. The molecule has 74 valence electrons. The summed E-state index contributed by atoms with van der Waals surface area (Å²) in [5.41, 5.74) is 0. The molecular weight excluding hydrogens is 161 g/mol. The molecule has 0 aliphatic rings. The van der Waals surface area contributed by atoms with E-state index in [1.165, 1.54) is 0 Å². The second-order valence-electron chi connectivity index (χ2n) is 2.95. The minimum absolute atomic E-state index is 0.0509. The lowest BCUT2D eigenvalue weighted by Crippen LogP contribution is -2.52. The molecule has 0 saturated heterocycles. The highest BCUT2D eigenvalue weighted by Crippen LogP contribution is 2.00. The molecule has 0 unspecified atom stereocenters. The van der Waals surface area contributed by atoms with Gasteiger partial charge in [0.1, 0.15) is 0 Å². The topological polar surface area (TPSA) is 30.3 Å². The standard InChI is InChI=1S/C9H20BN3/c1-5-12(6-2)10(9-11)13(7-3)8-4/h5-8H2,1-4H3. The first-order valence-electron chi connectivity index (χ1n) is 5.12. The highest BCUT2D eigenvalue weighted by molar-refractivity contribution is 6.61. The lowest BCUT2D eigenvalue weighted by molar-refractivity contribution is 0.388. The molecular formula is C9H20BN3. The maximum Gasteiger partial charge on any atom is 0.433 e. The van der Waals surface area contributed by atoms with Gasteiger partial charge in [-0.1, -0.05) is 27.7 Å². The van der Waals surface area contributed by atoms with Crippen LogP contribution in [-0.2, 0) is 0 Å². The minimum Gasteiger partial charge on any atom is -0.316 e. The van der Waals surface area contributed by atoms with E-state index in [1.807, 2.05) is 0 Å². The lowest BCUT2D eigenvalue weighted by atomic mass is 9.73. The maximum atomic E-state index is 9.06. The van der Waals surface area contributed by atoms with Gasteiger partial charge >= 0.3 is 6.98 Å². The van der Waals surface area contributed by atoms with Crippen LogP contribution in [0.4, 0.5) is 0 Å². The van der Waals surface area contributed by atoms with Crippen molar-refractivity contribution in [3.63, 3.8) is 0 Å². The van der Waals surface area contributed by atoms with E-state index >= 15 is 0 Å². The van der Waals surface area contributed by atoms with Crippen molar-refractivity contribution in [3.8, 4) is 5.97 Å². The van der Waals surface area contributed by atoms with Gasteiger partial charge in [-0.25, -0.2) is 5.26 Å². The predicted molar refractivity (Wildman–Crippen MR) is 57.2 cm³/mol. The van der Waals surface area contributed by atoms with E-state index < -0.39 is 0 Å². The van der Waals surface area contributed by atoms with Gasteiger partial charge in [-0.2, -0.15) is 0 Å². The first-order chi connectivity index (χ1) is 6.24. The normalized spacial score (nSPS) is 10.5. The fourth-order valence-corrected chi connectivity index (χ4v) is 1.53. The molecule has 0 saturated carbocycles. The van der Waals surface area contributed by atoms with Crippen molar-refractivity contribution in [2.24, 2.45) is 0 Å². The summed E-state index contributed by atoms with van der Waals surface area (Å²) in [6, 6.07) is 0. The lowest BCUT2D eigenvalue weighted by Gasteiger charge is -2.29. The van der Waals surface area contributed by atoms with Gasteiger partial charge in [-0.15, -0.1) is 0 Å². The van der Waals surface area contributed by atoms with E-state index in [0.717, 1.165) is 26.2 Å². The second-order valence-corrected chi connectivity index (χ2v) is 2.95. The molecule has 3 nitrogen and oxygen atoms in total. The summed E-state index contributed by atoms with van der Waals surface area (Å²) >= 11 is 0. The van der Waals surface area contributed by atoms with E-state index in [4.69, 9.17) is 5.26 Å². The van der Waals surface area contributed by atoms with E-state index in [2.05, 4.69) is 43.3 Å². The van der Waals surface area contributed by atoms with Crippen molar-refractivity contribution in [2.45, 2.75) is 27.7 Å². The Kier molecular flexibility index (Phi) is 6.65. The largest absolute Gasteiger partial charge is 0.433 e. The van der Waals surface area contributed by atoms with Gasteiger partial charge in [-0.05, 0) is 26.2 Å². The SMILES string of the molecule is CCN(CC)B(C#N)N(CC)CC. The van der Waals surface area contributed by atoms with Crippen molar-refractivity contribution in [2.75, 3.05) is 26.2 Å². The molecule has 0 fully saturated rings. The summed E-state index contributed by atoms with van der Waals surface area (Å²) in [5.74, 6) is 2.36. The monoisotopic (exact) mass is 181 g/mol. The second kappa shape index (κ2) is 6.93. The fraction of sp³-hybridized carbons (Fsp3) is 0.889. The van der Waals surface area contributed by atoms with Gasteiger partial charge in [0.2, 0.25) is 0 Å². The van der Waals surface area contributed by atoms with Crippen LogP contribution >= 0.6 is 0 Å². The van der Waals surface area contributed by atoms with Crippen LogP contribution in [0.15, 0.2) is 0 Å². The van der Waals surface area contributed by atoms with Crippen LogP contribution in [0.5, 0.6) is 0 Å². The molecule has 0 spiro atoms. The number of hydrogen-bond donors (Lipinski definition) is 0. The zero-order chi connectivity index (χ0) is 10.3. The van der Waals surface area contributed by atoms with E-state index in [0.29, 0.717) is 0 Å². The van der Waals surface area contributed by atoms with Crippen molar-refractivity contribution in [3.05, 3.63) is 0 Å². The summed E-state index contributed by atoms with van der Waals surface area (Å²) in [4.78, 5) is 4.35. The Hall–Kier alpha value is -0.525. The van der Waals surface area contributed by atoms with Gasteiger partial charge in [-0.3, -0.25) is 0 Å². The average Bonchev–Trinajstić information content (AvgIpc) is 2.18. The van der Waals surface area contributed by atoms with Crippen molar-refractivity contribution in [1.29, 1.82) is 5.26 Å². The van der Waals surface area contributed by atoms with E-state index in [9.17, 15) is 0 Å². The molecule has 0 aliphatic carbocycles. The third kappa shape index (κ3) is 3.37. The zero-order valence-corrected chi connectivity index (χ0v) is 9.25. The Morgan fingerprint density at radius 2 is 1.23 bits per heavy atom. The third-order valence-corrected chi connectivity index (χ3v) is 2.43. The molecule has 4 heteroatoms. The number of nitrogens with zero attached hydrogens (tertiary/aromatic N) is 3. The van der Waals surface area contributed by atoms with Gasteiger partial charge in [0.05, 0.1) is 0 Å². The van der Waals surface area contributed by atoms with Crippen LogP contribution in [-0.4, -0.2) is 42.8 Å². The van der Waals surface area contributed by atoms with Crippen LogP contribution < -0.4 is 0 Å². The van der Waals surface area contributed by atoms with Crippen LogP contribution in [0, 0.1) is 11.2 Å². The van der Waals surface area contributed by atoms with Crippen molar-refractivity contribution < 1.29 is 0 Å². The Morgan fingerprint density at radius 3 is 1.38 bits per heavy atom. The zero-order valence-electron chi connectivity index (χ0n) is 9.25. The predicted octanol–water partition coefficient (Wildman–Crippen LogP) is 1.22. The van der Waals surface area contributed by atoms with Gasteiger partial charge < -0.3 is 9.62 Å². The quantitative estimate of drug-likeness (QED) is 0.577. The van der Waals surface area contributed by atoms with Crippen LogP contribution in [0.1, 0.15) is 27.7 Å². The maximum absolute atomic E-state index is 9.06. The molecule has 0 aromatic rings. The van der Waals surface area contributed by atoms with Gasteiger partial charge in [0.25, 0.3) is 0 Å². The van der Waals surface area contributed by atoms with E-state index in [1.54, 1.807) is 0 Å².